The molecule has 1 amide bonds. The van der Waals surface area contributed by atoms with E-state index in [4.69, 9.17) is 10.7 Å². The fraction of sp³-hybridized carbons (Fsp3) is 0.556. The molecule has 1 aromatic heterocycles. The lowest BCUT2D eigenvalue weighted by Gasteiger charge is -2.28. The predicted octanol–water partition coefficient (Wildman–Crippen LogP) is 3.72. The van der Waals surface area contributed by atoms with E-state index in [0.717, 1.165) is 36.2 Å². The summed E-state index contributed by atoms with van der Waals surface area (Å²) in [4.78, 5) is 19.5. The van der Waals surface area contributed by atoms with Gasteiger partial charge in [0.25, 0.3) is 0 Å². The maximum Gasteiger partial charge on any atom is 0.227 e. The predicted molar refractivity (Wildman–Crippen MR) is 107 cm³/mol. The standard InChI is InChI=1S/C18H26N4O.2ClH/c1-12(2)22-15-8-5-4-7-14(15)20-17(22)16-9-6-10-21(16)18(23)13(3)11-19;;/h4-5,7-8,12-13,16H,6,9-11,19H2,1-3H3;2*1H. The minimum Gasteiger partial charge on any atom is -0.332 e. The number of rotatable bonds is 4. The Kier molecular flexibility index (Phi) is 7.72. The highest BCUT2D eigenvalue weighted by Gasteiger charge is 2.35. The number of imidazole rings is 1. The van der Waals surface area contributed by atoms with Gasteiger partial charge in [-0.05, 0) is 38.8 Å². The smallest absolute Gasteiger partial charge is 0.227 e. The first-order chi connectivity index (χ1) is 11.0. The molecule has 3 rings (SSSR count). The van der Waals surface area contributed by atoms with Crippen LogP contribution in [0, 0.1) is 5.92 Å². The van der Waals surface area contributed by atoms with Gasteiger partial charge in [-0.2, -0.15) is 0 Å². The molecular weight excluding hydrogens is 359 g/mol. The molecular formula is C18H28Cl2N4O. The minimum absolute atomic E-state index is 0. The monoisotopic (exact) mass is 386 g/mol. The van der Waals surface area contributed by atoms with E-state index in [2.05, 4.69) is 24.5 Å². The number of nitrogens with zero attached hydrogens (tertiary/aromatic N) is 3. The van der Waals surface area contributed by atoms with Crippen molar-refractivity contribution in [1.29, 1.82) is 0 Å². The summed E-state index contributed by atoms with van der Waals surface area (Å²) in [5, 5.41) is 0. The van der Waals surface area contributed by atoms with E-state index < -0.39 is 0 Å². The second-order valence-electron chi connectivity index (χ2n) is 6.75. The Morgan fingerprint density at radius 2 is 1.96 bits per heavy atom. The first kappa shape index (κ1) is 21.7. The highest BCUT2D eigenvalue weighted by atomic mass is 35.5. The van der Waals surface area contributed by atoms with Gasteiger partial charge in [0.1, 0.15) is 5.82 Å². The summed E-state index contributed by atoms with van der Waals surface area (Å²) in [6.45, 7) is 7.43. The number of aromatic nitrogens is 2. The molecule has 2 heterocycles. The van der Waals surface area contributed by atoms with Crippen molar-refractivity contribution in [1.82, 2.24) is 14.5 Å². The zero-order valence-corrected chi connectivity index (χ0v) is 16.6. The molecule has 7 heteroatoms. The van der Waals surface area contributed by atoms with Crippen LogP contribution in [0.25, 0.3) is 11.0 Å². The first-order valence-corrected chi connectivity index (χ1v) is 8.52. The van der Waals surface area contributed by atoms with Gasteiger partial charge in [0.05, 0.1) is 17.1 Å². The lowest BCUT2D eigenvalue weighted by Crippen LogP contribution is -2.38. The molecule has 0 bridgehead atoms. The maximum atomic E-state index is 12.7. The van der Waals surface area contributed by atoms with E-state index in [1.165, 1.54) is 0 Å². The largest absolute Gasteiger partial charge is 0.332 e. The average molecular weight is 387 g/mol. The Balaban J connectivity index is 0.00000156. The third kappa shape index (κ3) is 3.94. The number of carbonyl (C=O) groups excluding carboxylic acids is 1. The summed E-state index contributed by atoms with van der Waals surface area (Å²) in [7, 11) is 0. The van der Waals surface area contributed by atoms with E-state index in [1.54, 1.807) is 0 Å². The zero-order chi connectivity index (χ0) is 16.6. The van der Waals surface area contributed by atoms with E-state index in [0.29, 0.717) is 12.6 Å². The Morgan fingerprint density at radius 1 is 1.28 bits per heavy atom. The van der Waals surface area contributed by atoms with Crippen LogP contribution in [0.3, 0.4) is 0 Å². The number of hydrogen-bond acceptors (Lipinski definition) is 3. The number of carbonyl (C=O) groups is 1. The van der Waals surface area contributed by atoms with Gasteiger partial charge in [-0.25, -0.2) is 4.98 Å². The molecule has 2 N–H and O–H groups in total. The second-order valence-corrected chi connectivity index (χ2v) is 6.75. The molecule has 1 aliphatic rings. The summed E-state index contributed by atoms with van der Waals surface area (Å²) in [5.41, 5.74) is 7.84. The number of fused-ring (bicyclic) bond motifs is 1. The highest BCUT2D eigenvalue weighted by molar-refractivity contribution is 5.85. The molecule has 1 saturated heterocycles. The van der Waals surface area contributed by atoms with Gasteiger partial charge < -0.3 is 15.2 Å². The molecule has 0 saturated carbocycles. The molecule has 1 fully saturated rings. The SMILES string of the molecule is CC(CN)C(=O)N1CCCC1c1nc2ccccc2n1C(C)C.Cl.Cl. The fourth-order valence-electron chi connectivity index (χ4n) is 3.52. The Bertz CT molecular complexity index is 716. The zero-order valence-electron chi connectivity index (χ0n) is 15.0. The number of benzene rings is 1. The lowest BCUT2D eigenvalue weighted by molar-refractivity contribution is -0.135. The summed E-state index contributed by atoms with van der Waals surface area (Å²) < 4.78 is 2.28. The molecule has 25 heavy (non-hydrogen) atoms. The topological polar surface area (TPSA) is 64.2 Å². The van der Waals surface area contributed by atoms with Crippen LogP contribution in [0.1, 0.15) is 51.5 Å². The normalized spacial score (nSPS) is 18.1. The van der Waals surface area contributed by atoms with Gasteiger partial charge in [-0.3, -0.25) is 4.79 Å². The number of amides is 1. The van der Waals surface area contributed by atoms with Gasteiger partial charge >= 0.3 is 0 Å². The number of halogens is 2. The van der Waals surface area contributed by atoms with Crippen molar-refractivity contribution in [3.05, 3.63) is 30.1 Å². The van der Waals surface area contributed by atoms with Crippen molar-refractivity contribution in [2.75, 3.05) is 13.1 Å². The molecule has 0 radical (unpaired) electrons. The highest BCUT2D eigenvalue weighted by Crippen LogP contribution is 2.35. The van der Waals surface area contributed by atoms with Gasteiger partial charge in [0.2, 0.25) is 5.91 Å². The number of hydrogen-bond donors (Lipinski definition) is 1. The summed E-state index contributed by atoms with van der Waals surface area (Å²) in [5.74, 6) is 1.03. The molecule has 140 valence electrons. The van der Waals surface area contributed by atoms with Gasteiger partial charge in [-0.1, -0.05) is 19.1 Å². The number of nitrogens with two attached hydrogens (primary N) is 1. The Hall–Kier alpha value is -1.30. The van der Waals surface area contributed by atoms with E-state index in [9.17, 15) is 4.79 Å². The van der Waals surface area contributed by atoms with Crippen LogP contribution in [0.4, 0.5) is 0 Å². The van der Waals surface area contributed by atoms with Crippen molar-refractivity contribution in [3.8, 4) is 0 Å². The number of likely N-dealkylation sites (tertiary alicyclic amines) is 1. The molecule has 2 unspecified atom stereocenters. The third-order valence-electron chi connectivity index (χ3n) is 4.75. The van der Waals surface area contributed by atoms with E-state index in [1.807, 2.05) is 30.0 Å². The molecule has 1 aliphatic heterocycles. The number of para-hydroxylation sites is 2. The van der Waals surface area contributed by atoms with Crippen LogP contribution >= 0.6 is 24.8 Å². The van der Waals surface area contributed by atoms with Crippen molar-refractivity contribution in [3.63, 3.8) is 0 Å². The fourth-order valence-corrected chi connectivity index (χ4v) is 3.52. The average Bonchev–Trinajstić information content (AvgIpc) is 3.16. The van der Waals surface area contributed by atoms with Crippen molar-refractivity contribution >= 4 is 41.8 Å². The van der Waals surface area contributed by atoms with Crippen LogP contribution in [0.15, 0.2) is 24.3 Å². The van der Waals surface area contributed by atoms with Crippen LogP contribution in [0.5, 0.6) is 0 Å². The third-order valence-corrected chi connectivity index (χ3v) is 4.75. The van der Waals surface area contributed by atoms with Gasteiger partial charge in [0, 0.05) is 25.0 Å². The molecule has 5 nitrogen and oxygen atoms in total. The molecule has 0 spiro atoms. The lowest BCUT2D eigenvalue weighted by atomic mass is 10.1. The molecule has 2 atom stereocenters. The first-order valence-electron chi connectivity index (χ1n) is 8.52. The van der Waals surface area contributed by atoms with E-state index in [-0.39, 0.29) is 42.7 Å². The van der Waals surface area contributed by atoms with Crippen LogP contribution in [-0.4, -0.2) is 33.4 Å². The molecule has 0 aliphatic carbocycles. The van der Waals surface area contributed by atoms with E-state index >= 15 is 0 Å². The summed E-state index contributed by atoms with van der Waals surface area (Å²) in [6, 6.07) is 8.57. The van der Waals surface area contributed by atoms with Crippen molar-refractivity contribution < 1.29 is 4.79 Å². The van der Waals surface area contributed by atoms with Gasteiger partial charge in [0.15, 0.2) is 0 Å². The maximum absolute atomic E-state index is 12.7. The molecule has 2 aromatic rings. The van der Waals surface area contributed by atoms with Crippen LogP contribution in [0.2, 0.25) is 0 Å². The summed E-state index contributed by atoms with van der Waals surface area (Å²) >= 11 is 0. The Morgan fingerprint density at radius 3 is 2.60 bits per heavy atom. The summed E-state index contributed by atoms with van der Waals surface area (Å²) in [6.07, 6.45) is 1.99. The van der Waals surface area contributed by atoms with Crippen LogP contribution in [-0.2, 0) is 4.79 Å². The van der Waals surface area contributed by atoms with Crippen LogP contribution < -0.4 is 5.73 Å². The van der Waals surface area contributed by atoms with Crippen molar-refractivity contribution in [2.24, 2.45) is 11.7 Å². The van der Waals surface area contributed by atoms with Crippen molar-refractivity contribution in [2.45, 2.75) is 45.7 Å². The second kappa shape index (κ2) is 8.88. The Labute approximate surface area is 161 Å². The minimum atomic E-state index is -0.132. The quantitative estimate of drug-likeness (QED) is 0.870. The molecule has 1 aromatic carbocycles. The van der Waals surface area contributed by atoms with Gasteiger partial charge in [-0.15, -0.1) is 24.8 Å².